The van der Waals surface area contributed by atoms with Crippen molar-refractivity contribution in [3.05, 3.63) is 46.2 Å². The van der Waals surface area contributed by atoms with Gasteiger partial charge in [0.2, 0.25) is 0 Å². The second-order valence-corrected chi connectivity index (χ2v) is 6.31. The molecule has 0 bridgehead atoms. The summed E-state index contributed by atoms with van der Waals surface area (Å²) < 4.78 is 14.4. The van der Waals surface area contributed by atoms with Crippen molar-refractivity contribution >= 4 is 35.1 Å². The lowest BCUT2D eigenvalue weighted by Crippen LogP contribution is -1.90. The molecule has 4 nitrogen and oxygen atoms in total. The number of aryl methyl sites for hydroxylation is 1. The molecule has 1 N–H and O–H groups in total. The third kappa shape index (κ3) is 4.14. The Hall–Kier alpha value is -1.73. The first-order valence-corrected chi connectivity index (χ1v) is 7.47. The van der Waals surface area contributed by atoms with Gasteiger partial charge in [-0.15, -0.1) is 10.2 Å². The molecule has 0 atom stereocenters. The lowest BCUT2D eigenvalue weighted by atomic mass is 10.1. The number of aromatic nitrogens is 2. The molecule has 0 aliphatic heterocycles. The Bertz CT molecular complexity index is 656. The number of thioether (sulfide) groups is 1. The van der Waals surface area contributed by atoms with Crippen molar-refractivity contribution in [1.29, 1.82) is 0 Å². The summed E-state index contributed by atoms with van der Waals surface area (Å²) in [6.45, 7) is 1.88. The average molecular weight is 310 g/mol. The van der Waals surface area contributed by atoms with Crippen LogP contribution in [0.3, 0.4) is 0 Å². The van der Waals surface area contributed by atoms with Crippen LogP contribution in [0.5, 0.6) is 0 Å². The van der Waals surface area contributed by atoms with E-state index in [-0.39, 0.29) is 5.56 Å². The van der Waals surface area contributed by atoms with Gasteiger partial charge in [0.05, 0.1) is 0 Å². The van der Waals surface area contributed by atoms with Crippen LogP contribution in [0.15, 0.2) is 28.6 Å². The Morgan fingerprint density at radius 1 is 1.50 bits per heavy atom. The SMILES string of the molecule is Cc1nnc(SCc2ccc(F)c(C=CC(=O)O)c2)s1. The zero-order valence-corrected chi connectivity index (χ0v) is 12.2. The fourth-order valence-corrected chi connectivity index (χ4v) is 3.21. The highest BCUT2D eigenvalue weighted by molar-refractivity contribution is 8.00. The maximum absolute atomic E-state index is 13.5. The number of carbonyl (C=O) groups is 1. The summed E-state index contributed by atoms with van der Waals surface area (Å²) in [5.41, 5.74) is 1.16. The minimum Gasteiger partial charge on any atom is -0.478 e. The van der Waals surface area contributed by atoms with Crippen LogP contribution < -0.4 is 0 Å². The first kappa shape index (κ1) is 14.7. The largest absolute Gasteiger partial charge is 0.478 e. The minimum absolute atomic E-state index is 0.263. The summed E-state index contributed by atoms with van der Waals surface area (Å²) in [7, 11) is 0. The Kier molecular flexibility index (Phi) is 4.86. The Morgan fingerprint density at radius 3 is 2.95 bits per heavy atom. The summed E-state index contributed by atoms with van der Waals surface area (Å²) in [6.07, 6.45) is 2.17. The van der Waals surface area contributed by atoms with E-state index in [0.717, 1.165) is 21.0 Å². The number of hydrogen-bond donors (Lipinski definition) is 1. The maximum Gasteiger partial charge on any atom is 0.328 e. The number of rotatable bonds is 5. The quantitative estimate of drug-likeness (QED) is 0.677. The second-order valence-electron chi connectivity index (χ2n) is 3.90. The van der Waals surface area contributed by atoms with Crippen LogP contribution in [-0.2, 0) is 10.5 Å². The smallest absolute Gasteiger partial charge is 0.328 e. The molecule has 104 valence electrons. The van der Waals surface area contributed by atoms with E-state index in [1.807, 2.05) is 6.92 Å². The van der Waals surface area contributed by atoms with E-state index in [2.05, 4.69) is 10.2 Å². The summed E-state index contributed by atoms with van der Waals surface area (Å²) in [5, 5.41) is 17.4. The highest BCUT2D eigenvalue weighted by atomic mass is 32.2. The van der Waals surface area contributed by atoms with Gasteiger partial charge in [-0.1, -0.05) is 29.2 Å². The molecule has 2 aromatic rings. The van der Waals surface area contributed by atoms with Gasteiger partial charge in [0.1, 0.15) is 10.8 Å². The number of halogens is 1. The highest BCUT2D eigenvalue weighted by Crippen LogP contribution is 2.26. The first-order valence-electron chi connectivity index (χ1n) is 5.67. The predicted molar refractivity (Wildman–Crippen MR) is 77.3 cm³/mol. The molecular weight excluding hydrogens is 299 g/mol. The number of carboxylic acid groups (broad SMARTS) is 1. The predicted octanol–water partition coefficient (Wildman–Crippen LogP) is 3.38. The Labute approximate surface area is 123 Å². The lowest BCUT2D eigenvalue weighted by molar-refractivity contribution is -0.131. The molecule has 0 amide bonds. The molecule has 0 fully saturated rings. The number of nitrogens with zero attached hydrogens (tertiary/aromatic N) is 2. The van der Waals surface area contributed by atoms with Gasteiger partial charge in [0.25, 0.3) is 0 Å². The van der Waals surface area contributed by atoms with Crippen LogP contribution in [0.2, 0.25) is 0 Å². The molecule has 20 heavy (non-hydrogen) atoms. The molecule has 1 aromatic carbocycles. The zero-order chi connectivity index (χ0) is 14.5. The molecule has 7 heteroatoms. The second kappa shape index (κ2) is 6.62. The molecular formula is C13H11FN2O2S2. The van der Waals surface area contributed by atoms with Gasteiger partial charge in [-0.25, -0.2) is 9.18 Å². The summed E-state index contributed by atoms with van der Waals surface area (Å²) in [6, 6.07) is 4.65. The van der Waals surface area contributed by atoms with Crippen molar-refractivity contribution in [3.63, 3.8) is 0 Å². The monoisotopic (exact) mass is 310 g/mol. The topological polar surface area (TPSA) is 63.1 Å². The van der Waals surface area contributed by atoms with Crippen molar-refractivity contribution in [1.82, 2.24) is 10.2 Å². The van der Waals surface area contributed by atoms with Gasteiger partial charge in [-0.3, -0.25) is 0 Å². The minimum atomic E-state index is -1.10. The van der Waals surface area contributed by atoms with Crippen LogP contribution in [0.25, 0.3) is 6.08 Å². The van der Waals surface area contributed by atoms with E-state index >= 15 is 0 Å². The lowest BCUT2D eigenvalue weighted by Gasteiger charge is -2.02. The molecule has 0 saturated heterocycles. The van der Waals surface area contributed by atoms with Crippen molar-refractivity contribution in [3.8, 4) is 0 Å². The molecule has 1 aromatic heterocycles. The number of hydrogen-bond acceptors (Lipinski definition) is 5. The maximum atomic E-state index is 13.5. The normalized spacial score (nSPS) is 11.1. The van der Waals surface area contributed by atoms with Crippen molar-refractivity contribution < 1.29 is 14.3 Å². The zero-order valence-electron chi connectivity index (χ0n) is 10.5. The molecule has 0 spiro atoms. The third-order valence-corrected chi connectivity index (χ3v) is 4.38. The summed E-state index contributed by atoms with van der Waals surface area (Å²) >= 11 is 3.02. The van der Waals surface area contributed by atoms with Gasteiger partial charge in [0, 0.05) is 17.4 Å². The van der Waals surface area contributed by atoms with Crippen LogP contribution in [0.1, 0.15) is 16.1 Å². The average Bonchev–Trinajstić information content (AvgIpc) is 2.82. The number of carboxylic acids is 1. The highest BCUT2D eigenvalue weighted by Gasteiger charge is 2.05. The van der Waals surface area contributed by atoms with Gasteiger partial charge in [-0.2, -0.15) is 0 Å². The van der Waals surface area contributed by atoms with E-state index in [0.29, 0.717) is 5.75 Å². The van der Waals surface area contributed by atoms with Crippen LogP contribution in [0, 0.1) is 12.7 Å². The summed E-state index contributed by atoms with van der Waals surface area (Å²) in [4.78, 5) is 10.5. The van der Waals surface area contributed by atoms with Crippen LogP contribution in [0.4, 0.5) is 4.39 Å². The molecule has 1 heterocycles. The summed E-state index contributed by atoms with van der Waals surface area (Å²) in [5.74, 6) is -0.917. The van der Waals surface area contributed by atoms with Crippen molar-refractivity contribution in [2.75, 3.05) is 0 Å². The Morgan fingerprint density at radius 2 is 2.30 bits per heavy atom. The van der Waals surface area contributed by atoms with E-state index in [1.54, 1.807) is 12.1 Å². The van der Waals surface area contributed by atoms with E-state index in [4.69, 9.17) is 5.11 Å². The standard InChI is InChI=1S/C13H11FN2O2S2/c1-8-15-16-13(20-8)19-7-9-2-4-11(14)10(6-9)3-5-12(17)18/h2-6H,7H2,1H3,(H,17,18). The number of aliphatic carboxylic acids is 1. The van der Waals surface area contributed by atoms with E-state index in [9.17, 15) is 9.18 Å². The molecule has 0 saturated carbocycles. The van der Waals surface area contributed by atoms with Crippen LogP contribution in [-0.4, -0.2) is 21.3 Å². The molecule has 0 aliphatic rings. The first-order chi connectivity index (χ1) is 9.54. The fraction of sp³-hybridized carbons (Fsp3) is 0.154. The molecule has 0 radical (unpaired) electrons. The van der Waals surface area contributed by atoms with Gasteiger partial charge in [0.15, 0.2) is 4.34 Å². The molecule has 0 aliphatic carbocycles. The van der Waals surface area contributed by atoms with E-state index in [1.165, 1.54) is 35.2 Å². The van der Waals surface area contributed by atoms with Gasteiger partial charge >= 0.3 is 5.97 Å². The molecule has 2 rings (SSSR count). The van der Waals surface area contributed by atoms with Gasteiger partial charge in [-0.05, 0) is 30.7 Å². The van der Waals surface area contributed by atoms with E-state index < -0.39 is 11.8 Å². The van der Waals surface area contributed by atoms with Crippen molar-refractivity contribution in [2.45, 2.75) is 17.0 Å². The van der Waals surface area contributed by atoms with Gasteiger partial charge < -0.3 is 5.11 Å². The number of benzene rings is 1. The molecule has 0 unspecified atom stereocenters. The third-order valence-electron chi connectivity index (χ3n) is 2.34. The van der Waals surface area contributed by atoms with Crippen molar-refractivity contribution in [2.24, 2.45) is 0 Å². The fourth-order valence-electron chi connectivity index (χ4n) is 1.45. The Balaban J connectivity index is 2.08. The van der Waals surface area contributed by atoms with Crippen LogP contribution >= 0.6 is 23.1 Å².